The van der Waals surface area contributed by atoms with Gasteiger partial charge in [0.05, 0.1) is 22.5 Å². The van der Waals surface area contributed by atoms with Crippen molar-refractivity contribution in [3.05, 3.63) is 103 Å². The summed E-state index contributed by atoms with van der Waals surface area (Å²) in [4.78, 5) is 58.4. The summed E-state index contributed by atoms with van der Waals surface area (Å²) in [5, 5.41) is 3.81. The lowest BCUT2D eigenvalue weighted by atomic mass is 9.68. The highest BCUT2D eigenvalue weighted by Gasteiger charge is 2.69. The van der Waals surface area contributed by atoms with E-state index >= 15 is 0 Å². The first-order valence-corrected chi connectivity index (χ1v) is 17.4. The van der Waals surface area contributed by atoms with E-state index in [0.717, 1.165) is 31.9 Å². The SMILES string of the molecule is Cc1cccc(NC(=O)COc2cccc([C@@H]3c4sc(=O)[nH]c4S[C@@H]4[C@@H]5C[C@@H]([C@@H]6C(=O)N(c7ccc(Br)cc7)C(=O)[C@@H]56)[C@H]34)c2)c1. The number of anilines is 2. The summed E-state index contributed by atoms with van der Waals surface area (Å²) < 4.78 is 6.83. The number of hydrogen-bond acceptors (Lipinski definition) is 7. The van der Waals surface area contributed by atoms with Crippen LogP contribution in [0.1, 0.15) is 28.3 Å². The summed E-state index contributed by atoms with van der Waals surface area (Å²) in [6.45, 7) is 1.82. The molecule has 0 radical (unpaired) electrons. The number of halogens is 1. The lowest BCUT2D eigenvalue weighted by Crippen LogP contribution is -2.42. The molecule has 228 valence electrons. The van der Waals surface area contributed by atoms with E-state index in [0.29, 0.717) is 17.1 Å². The Morgan fingerprint density at radius 2 is 1.76 bits per heavy atom. The number of carbonyl (C=O) groups is 3. The molecule has 1 aromatic heterocycles. The molecule has 3 amide bonds. The molecule has 2 N–H and O–H groups in total. The number of imide groups is 1. The average Bonchev–Trinajstić information content (AvgIpc) is 3.75. The van der Waals surface area contributed by atoms with Gasteiger partial charge in [-0.05, 0) is 90.8 Å². The molecule has 2 aliphatic heterocycles. The smallest absolute Gasteiger partial charge is 0.305 e. The van der Waals surface area contributed by atoms with Gasteiger partial charge in [-0.3, -0.25) is 24.1 Å². The molecule has 2 aliphatic carbocycles. The van der Waals surface area contributed by atoms with E-state index in [9.17, 15) is 19.2 Å². The van der Waals surface area contributed by atoms with E-state index < -0.39 is 0 Å². The Labute approximate surface area is 275 Å². The van der Waals surface area contributed by atoms with Gasteiger partial charge in [-0.15, -0.1) is 11.8 Å². The molecule has 7 atom stereocenters. The number of rotatable bonds is 6. The molecule has 4 aromatic rings. The van der Waals surface area contributed by atoms with Crippen LogP contribution in [0, 0.1) is 36.5 Å². The summed E-state index contributed by atoms with van der Waals surface area (Å²) in [5.74, 6) is -0.684. The van der Waals surface area contributed by atoms with Crippen molar-refractivity contribution >= 4 is 68.1 Å². The highest BCUT2D eigenvalue weighted by molar-refractivity contribution is 9.10. The van der Waals surface area contributed by atoms with E-state index in [1.807, 2.05) is 79.7 Å². The normalized spacial score (nSPS) is 27.7. The van der Waals surface area contributed by atoms with Gasteiger partial charge in [0.2, 0.25) is 11.8 Å². The Kier molecular flexibility index (Phi) is 7.03. The molecular weight excluding hydrogens is 674 g/mol. The van der Waals surface area contributed by atoms with Crippen LogP contribution in [0.15, 0.2) is 87.1 Å². The first-order chi connectivity index (χ1) is 21.8. The Morgan fingerprint density at radius 3 is 2.53 bits per heavy atom. The molecule has 3 heterocycles. The van der Waals surface area contributed by atoms with Crippen LogP contribution >= 0.6 is 39.0 Å². The number of nitrogens with one attached hydrogen (secondary N) is 2. The second-order valence-corrected chi connectivity index (χ2v) is 15.3. The van der Waals surface area contributed by atoms with Crippen LogP contribution in [0.25, 0.3) is 0 Å². The Hall–Kier alpha value is -3.67. The summed E-state index contributed by atoms with van der Waals surface area (Å²) >= 11 is 6.32. The van der Waals surface area contributed by atoms with Gasteiger partial charge in [-0.2, -0.15) is 0 Å². The minimum atomic E-state index is -0.377. The summed E-state index contributed by atoms with van der Waals surface area (Å²) in [6, 6.07) is 22.6. The summed E-state index contributed by atoms with van der Waals surface area (Å²) in [6.07, 6.45) is 0.814. The van der Waals surface area contributed by atoms with E-state index in [2.05, 4.69) is 26.2 Å². The summed E-state index contributed by atoms with van der Waals surface area (Å²) in [7, 11) is 0. The van der Waals surface area contributed by atoms with Crippen molar-refractivity contribution < 1.29 is 19.1 Å². The van der Waals surface area contributed by atoms with Crippen LogP contribution in [0.5, 0.6) is 5.75 Å². The zero-order chi connectivity index (χ0) is 31.0. The van der Waals surface area contributed by atoms with Crippen LogP contribution in [0.2, 0.25) is 0 Å². The van der Waals surface area contributed by atoms with Crippen LogP contribution in [0.3, 0.4) is 0 Å². The van der Waals surface area contributed by atoms with E-state index in [-0.39, 0.29) is 70.0 Å². The van der Waals surface area contributed by atoms with Crippen molar-refractivity contribution in [1.82, 2.24) is 4.98 Å². The molecule has 8 rings (SSSR count). The number of aromatic amines is 1. The molecule has 11 heteroatoms. The van der Waals surface area contributed by atoms with Crippen molar-refractivity contribution in [2.45, 2.75) is 29.5 Å². The number of ether oxygens (including phenoxy) is 1. The number of thioether (sulfide) groups is 1. The van der Waals surface area contributed by atoms with Crippen molar-refractivity contribution in [3.8, 4) is 5.75 Å². The summed E-state index contributed by atoms with van der Waals surface area (Å²) in [5.41, 5.74) is 3.34. The minimum absolute atomic E-state index is 0.00873. The predicted molar refractivity (Wildman–Crippen MR) is 177 cm³/mol. The molecule has 45 heavy (non-hydrogen) atoms. The highest BCUT2D eigenvalue weighted by Crippen LogP contribution is 2.68. The van der Waals surface area contributed by atoms with Crippen LogP contribution in [-0.4, -0.2) is 34.6 Å². The molecule has 3 aromatic carbocycles. The minimum Gasteiger partial charge on any atom is -0.484 e. The van der Waals surface area contributed by atoms with Gasteiger partial charge in [0.15, 0.2) is 6.61 Å². The van der Waals surface area contributed by atoms with Crippen LogP contribution < -0.4 is 19.8 Å². The fraction of sp³-hybridized carbons (Fsp3) is 0.294. The number of H-pyrrole nitrogens is 1. The number of fused-ring (bicyclic) bond motifs is 9. The van der Waals surface area contributed by atoms with Crippen molar-refractivity contribution in [3.63, 3.8) is 0 Å². The molecule has 3 fully saturated rings. The third-order valence-corrected chi connectivity index (χ3v) is 12.8. The molecule has 4 aliphatic rings. The number of benzene rings is 3. The number of aromatic nitrogens is 1. The molecule has 0 unspecified atom stereocenters. The topological polar surface area (TPSA) is 109 Å². The molecule has 2 bridgehead atoms. The molecule has 0 spiro atoms. The maximum atomic E-state index is 14.0. The second-order valence-electron chi connectivity index (χ2n) is 12.2. The van der Waals surface area contributed by atoms with Crippen LogP contribution in [-0.2, 0) is 14.4 Å². The highest BCUT2D eigenvalue weighted by atomic mass is 79.9. The monoisotopic (exact) mass is 701 g/mol. The fourth-order valence-electron chi connectivity index (χ4n) is 8.10. The Morgan fingerprint density at radius 1 is 1.00 bits per heavy atom. The van der Waals surface area contributed by atoms with Gasteiger partial charge in [-0.25, -0.2) is 0 Å². The lowest BCUT2D eigenvalue weighted by Gasteiger charge is -2.43. The number of carbonyl (C=O) groups excluding carboxylic acids is 3. The first-order valence-electron chi connectivity index (χ1n) is 14.9. The van der Waals surface area contributed by atoms with Crippen molar-refractivity contribution in [2.24, 2.45) is 29.6 Å². The van der Waals surface area contributed by atoms with E-state index in [4.69, 9.17) is 4.74 Å². The molecule has 2 saturated carbocycles. The standard InChI is InChI=1S/C34H28BrN3O5S2/c1-16-4-2-6-19(12-16)36-24(39)15-43-21-7-3-5-17(13-21)25-26-22-14-23(29(26)44-31-30(25)45-34(42)37-31)28-27(22)32(40)38(33(28)41)20-10-8-18(35)9-11-20/h2-13,22-23,25-29H,14-15H2,1H3,(H,36,39)(H,37,42)/t22-,23-,25+,26-,27+,28+,29-/m1/s1. The number of thiazole rings is 1. The zero-order valence-electron chi connectivity index (χ0n) is 24.1. The van der Waals surface area contributed by atoms with Crippen LogP contribution in [0.4, 0.5) is 11.4 Å². The van der Waals surface area contributed by atoms with Gasteiger partial charge in [0.25, 0.3) is 5.91 Å². The fourth-order valence-corrected chi connectivity index (χ4v) is 11.3. The quantitative estimate of drug-likeness (QED) is 0.232. The number of hydrogen-bond donors (Lipinski definition) is 2. The Bertz CT molecular complexity index is 1920. The molecular formula is C34H28BrN3O5S2. The number of nitrogens with zero attached hydrogens (tertiary/aromatic N) is 1. The zero-order valence-corrected chi connectivity index (χ0v) is 27.3. The number of aryl methyl sites for hydroxylation is 1. The number of amides is 3. The Balaban J connectivity index is 1.09. The van der Waals surface area contributed by atoms with Gasteiger partial charge >= 0.3 is 4.87 Å². The van der Waals surface area contributed by atoms with Gasteiger partial charge in [-0.1, -0.05) is 51.5 Å². The maximum absolute atomic E-state index is 14.0. The average molecular weight is 703 g/mol. The van der Waals surface area contributed by atoms with E-state index in [1.165, 1.54) is 16.2 Å². The van der Waals surface area contributed by atoms with Gasteiger partial charge < -0.3 is 15.0 Å². The van der Waals surface area contributed by atoms with Crippen molar-refractivity contribution in [1.29, 1.82) is 0 Å². The first kappa shape index (κ1) is 28.8. The predicted octanol–water partition coefficient (Wildman–Crippen LogP) is 6.20. The third kappa shape index (κ3) is 4.78. The van der Waals surface area contributed by atoms with E-state index in [1.54, 1.807) is 11.8 Å². The second kappa shape index (κ2) is 11.0. The lowest BCUT2D eigenvalue weighted by molar-refractivity contribution is -0.123. The maximum Gasteiger partial charge on any atom is 0.305 e. The van der Waals surface area contributed by atoms with Gasteiger partial charge in [0, 0.05) is 26.2 Å². The molecule has 1 saturated heterocycles. The molecule has 8 nitrogen and oxygen atoms in total. The van der Waals surface area contributed by atoms with Gasteiger partial charge in [0.1, 0.15) is 5.75 Å². The van der Waals surface area contributed by atoms with Crippen molar-refractivity contribution in [2.75, 3.05) is 16.8 Å². The largest absolute Gasteiger partial charge is 0.484 e. The third-order valence-electron chi connectivity index (χ3n) is 9.70.